The molecule has 0 aliphatic heterocycles. The van der Waals surface area contributed by atoms with Gasteiger partial charge in [0.2, 0.25) is 0 Å². The number of benzene rings is 1. The van der Waals surface area contributed by atoms with E-state index in [-0.39, 0.29) is 17.4 Å². The number of H-pyrrole nitrogens is 1. The molecule has 214 valence electrons. The molecular formula is C34H31N7OS. The molecule has 5 aromatic rings. The lowest BCUT2D eigenvalue weighted by atomic mass is 10.0. The molecule has 0 bridgehead atoms. The molecule has 1 aliphatic rings. The third-order valence-electron chi connectivity index (χ3n) is 7.21. The minimum Gasteiger partial charge on any atom is -0.397 e. The SMILES string of the molecule is CC(=O)c1ccc(-c2cncc3[nH]c(C(=N)c4nc(C5=C[C@@H](C)C=CC(CNCc6ccccc6)=C5)ccc4N)nc23)s1. The minimum absolute atomic E-state index is 0.0154. The molecule has 1 aliphatic carbocycles. The molecular weight excluding hydrogens is 554 g/mol. The number of fused-ring (bicyclic) bond motifs is 1. The van der Waals surface area contributed by atoms with Crippen molar-refractivity contribution >= 4 is 45.1 Å². The molecule has 0 saturated heterocycles. The minimum atomic E-state index is 0.0154. The van der Waals surface area contributed by atoms with Gasteiger partial charge in [-0.1, -0.05) is 55.5 Å². The fourth-order valence-corrected chi connectivity index (χ4v) is 5.89. The van der Waals surface area contributed by atoms with Gasteiger partial charge < -0.3 is 16.0 Å². The Kier molecular flexibility index (Phi) is 7.91. The lowest BCUT2D eigenvalue weighted by Crippen LogP contribution is -2.16. The van der Waals surface area contributed by atoms with Crippen LogP contribution in [-0.4, -0.2) is 38.0 Å². The lowest BCUT2D eigenvalue weighted by Gasteiger charge is -2.10. The number of aromatic nitrogens is 4. The third-order valence-corrected chi connectivity index (χ3v) is 8.43. The van der Waals surface area contributed by atoms with Crippen LogP contribution in [0.5, 0.6) is 0 Å². The lowest BCUT2D eigenvalue weighted by molar-refractivity contribution is 0.102. The summed E-state index contributed by atoms with van der Waals surface area (Å²) in [6.07, 6.45) is 12.0. The number of Topliss-reactive ketones (excluding diaryl/α,β-unsaturated/α-hetero) is 1. The molecule has 9 heteroatoms. The zero-order valence-electron chi connectivity index (χ0n) is 23.9. The topological polar surface area (TPSA) is 133 Å². The summed E-state index contributed by atoms with van der Waals surface area (Å²) in [5.41, 5.74) is 13.4. The van der Waals surface area contributed by atoms with E-state index in [0.29, 0.717) is 39.7 Å². The number of imidazole rings is 1. The standard InChI is InChI=1S/C34H31N7OS/c1-20-8-9-23(17-37-16-22-6-4-3-5-7-22)15-24(14-20)27-11-10-26(35)33(39-27)31(36)34-40-28-19-38-18-25(32(28)41-34)30-13-12-29(43-30)21(2)42/h3-15,18-20,36-37H,16-17,35H2,1-2H3,(H,40,41)/t20-/m0/s1. The summed E-state index contributed by atoms with van der Waals surface area (Å²) >= 11 is 1.40. The van der Waals surface area contributed by atoms with E-state index in [4.69, 9.17) is 21.1 Å². The van der Waals surface area contributed by atoms with Gasteiger partial charge in [0, 0.05) is 29.7 Å². The van der Waals surface area contributed by atoms with Crippen LogP contribution >= 0.6 is 11.3 Å². The van der Waals surface area contributed by atoms with Crippen LogP contribution < -0.4 is 11.1 Å². The number of thiophene rings is 1. The number of nitrogens with two attached hydrogens (primary N) is 1. The monoisotopic (exact) mass is 585 g/mol. The van der Waals surface area contributed by atoms with Crippen LogP contribution in [0.4, 0.5) is 5.69 Å². The molecule has 0 spiro atoms. The van der Waals surface area contributed by atoms with E-state index in [1.165, 1.54) is 16.9 Å². The molecule has 1 atom stereocenters. The van der Waals surface area contributed by atoms with Crippen LogP contribution in [0.25, 0.3) is 27.0 Å². The number of nitrogen functional groups attached to an aromatic ring is 1. The van der Waals surface area contributed by atoms with Crippen LogP contribution in [0.15, 0.2) is 96.9 Å². The highest BCUT2D eigenvalue weighted by Gasteiger charge is 2.19. The molecule has 43 heavy (non-hydrogen) atoms. The number of nitrogens with one attached hydrogen (secondary N) is 3. The molecule has 0 radical (unpaired) electrons. The Morgan fingerprint density at radius 3 is 2.70 bits per heavy atom. The summed E-state index contributed by atoms with van der Waals surface area (Å²) in [6.45, 7) is 5.18. The van der Waals surface area contributed by atoms with Gasteiger partial charge in [0.1, 0.15) is 16.9 Å². The van der Waals surface area contributed by atoms with Gasteiger partial charge in [0.15, 0.2) is 11.6 Å². The Bertz CT molecular complexity index is 1930. The van der Waals surface area contributed by atoms with Gasteiger partial charge in [0.25, 0.3) is 0 Å². The van der Waals surface area contributed by atoms with Gasteiger partial charge in [-0.25, -0.2) is 9.97 Å². The quantitative estimate of drug-likeness (QED) is 0.114. The van der Waals surface area contributed by atoms with Crippen molar-refractivity contribution in [3.8, 4) is 10.4 Å². The number of rotatable bonds is 9. The van der Waals surface area contributed by atoms with Gasteiger partial charge in [-0.3, -0.25) is 15.2 Å². The molecule has 8 nitrogen and oxygen atoms in total. The van der Waals surface area contributed by atoms with E-state index in [1.807, 2.05) is 36.4 Å². The summed E-state index contributed by atoms with van der Waals surface area (Å²) in [5, 5.41) is 12.6. The predicted octanol–water partition coefficient (Wildman–Crippen LogP) is 6.59. The van der Waals surface area contributed by atoms with Crippen LogP contribution in [0.2, 0.25) is 0 Å². The third kappa shape index (κ3) is 6.13. The molecule has 6 rings (SSSR count). The number of pyridine rings is 2. The van der Waals surface area contributed by atoms with Crippen LogP contribution in [-0.2, 0) is 6.54 Å². The Labute approximate surface area is 253 Å². The van der Waals surface area contributed by atoms with Crippen molar-refractivity contribution in [3.63, 3.8) is 0 Å². The van der Waals surface area contributed by atoms with Gasteiger partial charge in [-0.15, -0.1) is 11.3 Å². The summed E-state index contributed by atoms with van der Waals surface area (Å²) in [7, 11) is 0. The van der Waals surface area contributed by atoms with E-state index in [2.05, 4.69) is 58.6 Å². The molecule has 0 amide bonds. The number of ketones is 1. The number of allylic oxidation sites excluding steroid dienone is 4. The van der Waals surface area contributed by atoms with Gasteiger partial charge in [0.05, 0.1) is 28.0 Å². The number of carbonyl (C=O) groups is 1. The first-order valence-electron chi connectivity index (χ1n) is 14.0. The molecule has 5 N–H and O–H groups in total. The first kappa shape index (κ1) is 28.1. The van der Waals surface area contributed by atoms with Gasteiger partial charge in [-0.2, -0.15) is 0 Å². The Morgan fingerprint density at radius 2 is 1.91 bits per heavy atom. The van der Waals surface area contributed by atoms with Crippen LogP contribution in [0.1, 0.15) is 46.3 Å². The maximum absolute atomic E-state index is 11.8. The Morgan fingerprint density at radius 1 is 1.07 bits per heavy atom. The molecule has 0 saturated carbocycles. The highest BCUT2D eigenvalue weighted by molar-refractivity contribution is 7.17. The zero-order valence-corrected chi connectivity index (χ0v) is 24.7. The van der Waals surface area contributed by atoms with Crippen molar-refractivity contribution in [1.82, 2.24) is 25.3 Å². The first-order valence-corrected chi connectivity index (χ1v) is 14.8. The summed E-state index contributed by atoms with van der Waals surface area (Å²) in [5.74, 6) is 0.569. The average molecular weight is 586 g/mol. The number of hydrogen-bond acceptors (Lipinski definition) is 8. The maximum atomic E-state index is 11.8. The van der Waals surface area contributed by atoms with E-state index in [1.54, 1.807) is 25.4 Å². The molecule has 0 unspecified atom stereocenters. The summed E-state index contributed by atoms with van der Waals surface area (Å²) in [6, 6.07) is 17.7. The second-order valence-electron chi connectivity index (χ2n) is 10.5. The average Bonchev–Trinajstić information content (AvgIpc) is 3.64. The number of aromatic amines is 1. The van der Waals surface area contributed by atoms with Crippen molar-refractivity contribution in [1.29, 1.82) is 5.41 Å². The highest BCUT2D eigenvalue weighted by Crippen LogP contribution is 2.33. The van der Waals surface area contributed by atoms with Gasteiger partial charge >= 0.3 is 0 Å². The first-order chi connectivity index (χ1) is 20.9. The number of carbonyl (C=O) groups excluding carboxylic acids is 1. The van der Waals surface area contributed by atoms with E-state index in [9.17, 15) is 4.79 Å². The van der Waals surface area contributed by atoms with E-state index < -0.39 is 0 Å². The van der Waals surface area contributed by atoms with Crippen LogP contribution in [0, 0.1) is 11.3 Å². The second kappa shape index (κ2) is 12.1. The van der Waals surface area contributed by atoms with E-state index in [0.717, 1.165) is 33.8 Å². The largest absolute Gasteiger partial charge is 0.397 e. The molecule has 0 fully saturated rings. The normalized spacial score (nSPS) is 14.8. The molecule has 4 aromatic heterocycles. The van der Waals surface area contributed by atoms with Crippen molar-refractivity contribution in [2.45, 2.75) is 20.4 Å². The fraction of sp³-hybridized carbons (Fsp3) is 0.147. The Balaban J connectivity index is 1.28. The maximum Gasteiger partial charge on any atom is 0.169 e. The van der Waals surface area contributed by atoms with Crippen molar-refractivity contribution in [2.75, 3.05) is 12.3 Å². The van der Waals surface area contributed by atoms with Crippen LogP contribution in [0.3, 0.4) is 0 Å². The zero-order chi connectivity index (χ0) is 29.9. The van der Waals surface area contributed by atoms with Crippen molar-refractivity contribution in [3.05, 3.63) is 125 Å². The number of anilines is 1. The number of hydrogen-bond donors (Lipinski definition) is 4. The summed E-state index contributed by atoms with van der Waals surface area (Å²) < 4.78 is 0. The molecule has 1 aromatic carbocycles. The Hall–Kier alpha value is -4.99. The second-order valence-corrected chi connectivity index (χ2v) is 11.6. The number of nitrogens with zero attached hydrogens (tertiary/aromatic N) is 3. The molecule has 4 heterocycles. The fourth-order valence-electron chi connectivity index (χ4n) is 4.97. The highest BCUT2D eigenvalue weighted by atomic mass is 32.1. The van der Waals surface area contributed by atoms with Crippen molar-refractivity contribution < 1.29 is 4.79 Å². The predicted molar refractivity (Wildman–Crippen MR) is 174 cm³/mol. The smallest absolute Gasteiger partial charge is 0.169 e. The van der Waals surface area contributed by atoms with Crippen molar-refractivity contribution in [2.24, 2.45) is 5.92 Å². The summed E-state index contributed by atoms with van der Waals surface area (Å²) in [4.78, 5) is 30.6. The van der Waals surface area contributed by atoms with E-state index >= 15 is 0 Å². The van der Waals surface area contributed by atoms with Gasteiger partial charge in [-0.05, 0) is 59.9 Å².